The quantitative estimate of drug-likeness (QED) is 0.507. The third-order valence-electron chi connectivity index (χ3n) is 1.66. The minimum atomic E-state index is -3.31. The molecule has 0 aliphatic rings. The van der Waals surface area contributed by atoms with Crippen LogP contribution in [0.5, 0.6) is 0 Å². The van der Waals surface area contributed by atoms with Crippen molar-refractivity contribution < 1.29 is 28.6 Å². The fourth-order valence-corrected chi connectivity index (χ4v) is 2.46. The molecule has 0 rings (SSSR count). The minimum absolute atomic E-state index is 0.204. The number of carbonyl (C=O) groups is 1. The Morgan fingerprint density at radius 1 is 1.38 bits per heavy atom. The van der Waals surface area contributed by atoms with Crippen molar-refractivity contribution in [1.82, 2.24) is 5.32 Å². The molecule has 0 bridgehead atoms. The lowest BCUT2D eigenvalue weighted by Gasteiger charge is -2.19. The fourth-order valence-electron chi connectivity index (χ4n) is 0.974. The topological polar surface area (TPSA) is 105 Å². The first-order valence-electron chi connectivity index (χ1n) is 4.94. The van der Waals surface area contributed by atoms with E-state index in [0.29, 0.717) is 0 Å². The van der Waals surface area contributed by atoms with Gasteiger partial charge in [0.1, 0.15) is 6.04 Å². The SMILES string of the molecule is CCOP(=O)(CN[C@@H](CO)C(=O)O)OCC. The van der Waals surface area contributed by atoms with Crippen molar-refractivity contribution in [2.75, 3.05) is 26.1 Å². The number of aliphatic carboxylic acids is 1. The first-order valence-corrected chi connectivity index (χ1v) is 6.67. The molecular weight excluding hydrogens is 237 g/mol. The Morgan fingerprint density at radius 2 is 1.88 bits per heavy atom. The molecule has 3 N–H and O–H groups in total. The molecule has 0 radical (unpaired) electrons. The highest BCUT2D eigenvalue weighted by atomic mass is 31.2. The number of hydrogen-bond acceptors (Lipinski definition) is 6. The average molecular weight is 255 g/mol. The standard InChI is InChI=1S/C8H18NO6P/c1-3-14-16(13,15-4-2)6-9-7(5-10)8(11)12/h7,9-10H,3-6H2,1-2H3,(H,11,12)/t7-/m0/s1. The summed E-state index contributed by atoms with van der Waals surface area (Å²) in [6.45, 7) is 3.14. The number of nitrogens with one attached hydrogen (secondary N) is 1. The number of aliphatic hydroxyl groups excluding tert-OH is 1. The van der Waals surface area contributed by atoms with Crippen molar-refractivity contribution in [3.8, 4) is 0 Å². The Balaban J connectivity index is 4.30. The van der Waals surface area contributed by atoms with Gasteiger partial charge >= 0.3 is 13.6 Å². The molecule has 0 saturated heterocycles. The smallest absolute Gasteiger partial charge is 0.344 e. The molecule has 0 unspecified atom stereocenters. The van der Waals surface area contributed by atoms with Crippen LogP contribution >= 0.6 is 7.60 Å². The van der Waals surface area contributed by atoms with E-state index in [2.05, 4.69) is 5.32 Å². The molecule has 0 aromatic carbocycles. The van der Waals surface area contributed by atoms with E-state index in [4.69, 9.17) is 19.3 Å². The summed E-state index contributed by atoms with van der Waals surface area (Å²) in [5.41, 5.74) is 0. The summed E-state index contributed by atoms with van der Waals surface area (Å²) in [4.78, 5) is 10.6. The van der Waals surface area contributed by atoms with Crippen LogP contribution in [0.4, 0.5) is 0 Å². The molecule has 96 valence electrons. The van der Waals surface area contributed by atoms with Gasteiger partial charge in [0.05, 0.1) is 26.1 Å². The minimum Gasteiger partial charge on any atom is -0.480 e. The van der Waals surface area contributed by atoms with E-state index in [-0.39, 0.29) is 19.5 Å². The van der Waals surface area contributed by atoms with Crippen molar-refractivity contribution in [1.29, 1.82) is 0 Å². The van der Waals surface area contributed by atoms with Crippen LogP contribution in [0.3, 0.4) is 0 Å². The fraction of sp³-hybridized carbons (Fsp3) is 0.875. The van der Waals surface area contributed by atoms with Crippen LogP contribution < -0.4 is 5.32 Å². The van der Waals surface area contributed by atoms with Gasteiger partial charge in [0.15, 0.2) is 0 Å². The van der Waals surface area contributed by atoms with Crippen LogP contribution in [0.15, 0.2) is 0 Å². The van der Waals surface area contributed by atoms with E-state index in [1.807, 2.05) is 0 Å². The maximum absolute atomic E-state index is 11.9. The molecule has 0 aliphatic heterocycles. The monoisotopic (exact) mass is 255 g/mol. The lowest BCUT2D eigenvalue weighted by Crippen LogP contribution is -2.40. The Labute approximate surface area is 94.3 Å². The summed E-state index contributed by atoms with van der Waals surface area (Å²) >= 11 is 0. The van der Waals surface area contributed by atoms with E-state index in [1.54, 1.807) is 13.8 Å². The molecule has 0 aromatic rings. The first-order chi connectivity index (χ1) is 7.49. The van der Waals surface area contributed by atoms with Crippen LogP contribution in [0, 0.1) is 0 Å². The Bertz CT molecular complexity index is 249. The normalized spacial score (nSPS) is 13.7. The van der Waals surface area contributed by atoms with E-state index in [0.717, 1.165) is 0 Å². The molecule has 0 amide bonds. The molecular formula is C8H18NO6P. The maximum Gasteiger partial charge on any atom is 0.344 e. The van der Waals surface area contributed by atoms with Gasteiger partial charge in [-0.05, 0) is 13.8 Å². The van der Waals surface area contributed by atoms with Gasteiger partial charge in [0.2, 0.25) is 0 Å². The number of aliphatic hydroxyl groups is 1. The summed E-state index contributed by atoms with van der Waals surface area (Å²) in [5, 5.41) is 19.8. The number of carboxylic acids is 1. The summed E-state index contributed by atoms with van der Waals surface area (Å²) < 4.78 is 21.8. The second kappa shape index (κ2) is 7.76. The highest BCUT2D eigenvalue weighted by molar-refractivity contribution is 7.53. The molecule has 16 heavy (non-hydrogen) atoms. The Hall–Kier alpha value is -0.460. The first kappa shape index (κ1) is 15.5. The van der Waals surface area contributed by atoms with Crippen LogP contribution in [0.2, 0.25) is 0 Å². The molecule has 0 fully saturated rings. The second-order valence-electron chi connectivity index (χ2n) is 2.88. The molecule has 0 heterocycles. The van der Waals surface area contributed by atoms with Crippen molar-refractivity contribution in [3.05, 3.63) is 0 Å². The van der Waals surface area contributed by atoms with E-state index >= 15 is 0 Å². The van der Waals surface area contributed by atoms with Crippen molar-refractivity contribution in [2.45, 2.75) is 19.9 Å². The van der Waals surface area contributed by atoms with Gasteiger partial charge in [-0.15, -0.1) is 0 Å². The predicted octanol–water partition coefficient (Wildman–Crippen LogP) is 0.245. The molecule has 0 aromatic heterocycles. The van der Waals surface area contributed by atoms with E-state index < -0.39 is 26.2 Å². The van der Waals surface area contributed by atoms with Crippen molar-refractivity contribution in [2.24, 2.45) is 0 Å². The highest BCUT2D eigenvalue weighted by Crippen LogP contribution is 2.46. The summed E-state index contributed by atoms with van der Waals surface area (Å²) in [6, 6.07) is -1.17. The zero-order chi connectivity index (χ0) is 12.6. The van der Waals surface area contributed by atoms with Crippen molar-refractivity contribution in [3.63, 3.8) is 0 Å². The van der Waals surface area contributed by atoms with Crippen LogP contribution in [0.25, 0.3) is 0 Å². The van der Waals surface area contributed by atoms with Gasteiger partial charge in [-0.1, -0.05) is 0 Å². The van der Waals surface area contributed by atoms with Gasteiger partial charge in [0, 0.05) is 0 Å². The number of carboxylic acid groups (broad SMARTS) is 1. The average Bonchev–Trinajstić information content (AvgIpc) is 2.18. The van der Waals surface area contributed by atoms with Crippen LogP contribution in [0.1, 0.15) is 13.8 Å². The molecule has 1 atom stereocenters. The third-order valence-corrected chi connectivity index (χ3v) is 3.54. The van der Waals surface area contributed by atoms with Gasteiger partial charge in [0.25, 0.3) is 0 Å². The third kappa shape index (κ3) is 5.58. The predicted molar refractivity (Wildman–Crippen MR) is 57.4 cm³/mol. The molecule has 0 spiro atoms. The molecule has 7 nitrogen and oxygen atoms in total. The summed E-state index contributed by atoms with van der Waals surface area (Å²) in [5.74, 6) is -1.22. The van der Waals surface area contributed by atoms with Gasteiger partial charge in [-0.3, -0.25) is 14.7 Å². The van der Waals surface area contributed by atoms with Gasteiger partial charge in [-0.25, -0.2) is 0 Å². The Morgan fingerprint density at radius 3 is 2.19 bits per heavy atom. The highest BCUT2D eigenvalue weighted by Gasteiger charge is 2.26. The molecule has 8 heteroatoms. The lowest BCUT2D eigenvalue weighted by atomic mass is 10.3. The molecule has 0 aliphatic carbocycles. The van der Waals surface area contributed by atoms with Crippen LogP contribution in [-0.2, 0) is 18.4 Å². The van der Waals surface area contributed by atoms with Gasteiger partial charge in [-0.2, -0.15) is 0 Å². The van der Waals surface area contributed by atoms with Crippen molar-refractivity contribution >= 4 is 13.6 Å². The lowest BCUT2D eigenvalue weighted by molar-refractivity contribution is -0.140. The zero-order valence-electron chi connectivity index (χ0n) is 9.38. The second-order valence-corrected chi connectivity index (χ2v) is 4.94. The van der Waals surface area contributed by atoms with Crippen LogP contribution in [-0.4, -0.2) is 48.3 Å². The zero-order valence-corrected chi connectivity index (χ0v) is 10.3. The Kier molecular flexibility index (Phi) is 7.53. The maximum atomic E-state index is 11.9. The van der Waals surface area contributed by atoms with Gasteiger partial charge < -0.3 is 19.3 Å². The van der Waals surface area contributed by atoms with E-state index in [1.165, 1.54) is 0 Å². The summed E-state index contributed by atoms with van der Waals surface area (Å²) in [6.07, 6.45) is -0.244. The molecule has 0 saturated carbocycles. The number of rotatable bonds is 9. The van der Waals surface area contributed by atoms with E-state index in [9.17, 15) is 9.36 Å². The number of hydrogen-bond donors (Lipinski definition) is 3. The summed E-state index contributed by atoms with van der Waals surface area (Å²) in [7, 11) is -3.31. The largest absolute Gasteiger partial charge is 0.480 e.